The summed E-state index contributed by atoms with van der Waals surface area (Å²) in [7, 11) is -3.64. The molecule has 0 bridgehead atoms. The number of halogens is 1. The molecule has 0 unspecified atom stereocenters. The Morgan fingerprint density at radius 2 is 1.79 bits per heavy atom. The van der Waals surface area contributed by atoms with Crippen molar-refractivity contribution in [2.24, 2.45) is 0 Å². The predicted molar refractivity (Wildman–Crippen MR) is 114 cm³/mol. The molecule has 0 saturated carbocycles. The molecule has 6 nitrogen and oxygen atoms in total. The van der Waals surface area contributed by atoms with Crippen LogP contribution in [0.1, 0.15) is 16.9 Å². The van der Waals surface area contributed by atoms with E-state index in [1.807, 2.05) is 30.3 Å². The number of hydrogen-bond acceptors (Lipinski definition) is 5. The molecule has 0 aliphatic heterocycles. The molecule has 0 saturated heterocycles. The van der Waals surface area contributed by atoms with Crippen LogP contribution in [0.3, 0.4) is 0 Å². The van der Waals surface area contributed by atoms with Gasteiger partial charge in [0, 0.05) is 34.9 Å². The number of carbonyl (C=O) groups excluding carboxylic acids is 1. The molecule has 0 fully saturated rings. The number of nitrogens with zero attached hydrogens (tertiary/aromatic N) is 1. The Balaban J connectivity index is 1.47. The molecule has 2 N–H and O–H groups in total. The smallest absolute Gasteiger partial charge is 0.240 e. The van der Waals surface area contributed by atoms with Gasteiger partial charge < -0.3 is 5.32 Å². The summed E-state index contributed by atoms with van der Waals surface area (Å²) < 4.78 is 27.6. The van der Waals surface area contributed by atoms with Crippen molar-refractivity contribution >= 4 is 48.3 Å². The third-order valence-corrected chi connectivity index (χ3v) is 6.71. The van der Waals surface area contributed by atoms with Gasteiger partial charge in [-0.1, -0.05) is 46.3 Å². The van der Waals surface area contributed by atoms with Crippen LogP contribution >= 0.6 is 27.3 Å². The SMILES string of the molecule is O=C(CCNS(=O)(=O)c1ccc(Br)cc1)Nc1ncc(Cc2ccccc2)s1. The standard InChI is InChI=1S/C19H18BrN3O3S2/c20-15-6-8-17(9-7-15)28(25,26)22-11-10-18(24)23-19-21-13-16(27-19)12-14-4-2-1-3-5-14/h1-9,13,22H,10-12H2,(H,21,23,24). The number of rotatable bonds is 8. The quantitative estimate of drug-likeness (QED) is 0.514. The summed E-state index contributed by atoms with van der Waals surface area (Å²) in [4.78, 5) is 17.5. The van der Waals surface area contributed by atoms with Crippen molar-refractivity contribution in [1.82, 2.24) is 9.71 Å². The highest BCUT2D eigenvalue weighted by Gasteiger charge is 2.14. The highest BCUT2D eigenvalue weighted by atomic mass is 79.9. The fourth-order valence-electron chi connectivity index (χ4n) is 2.42. The van der Waals surface area contributed by atoms with E-state index in [0.717, 1.165) is 15.8 Å². The molecule has 28 heavy (non-hydrogen) atoms. The predicted octanol–water partition coefficient (Wildman–Crippen LogP) is 3.80. The summed E-state index contributed by atoms with van der Waals surface area (Å²) in [5.74, 6) is -0.292. The van der Waals surface area contributed by atoms with E-state index in [0.29, 0.717) is 5.13 Å². The summed E-state index contributed by atoms with van der Waals surface area (Å²) in [6.45, 7) is 0.00643. The lowest BCUT2D eigenvalue weighted by Crippen LogP contribution is -2.27. The van der Waals surface area contributed by atoms with Crippen molar-refractivity contribution in [3.8, 4) is 0 Å². The van der Waals surface area contributed by atoms with E-state index < -0.39 is 10.0 Å². The van der Waals surface area contributed by atoms with Crippen molar-refractivity contribution in [3.63, 3.8) is 0 Å². The van der Waals surface area contributed by atoms with Crippen LogP contribution in [0.2, 0.25) is 0 Å². The van der Waals surface area contributed by atoms with Gasteiger partial charge in [-0.2, -0.15) is 0 Å². The van der Waals surface area contributed by atoms with E-state index in [4.69, 9.17) is 0 Å². The monoisotopic (exact) mass is 479 g/mol. The maximum Gasteiger partial charge on any atom is 0.240 e. The van der Waals surface area contributed by atoms with E-state index in [2.05, 4.69) is 31.0 Å². The van der Waals surface area contributed by atoms with Gasteiger partial charge in [-0.3, -0.25) is 4.79 Å². The van der Waals surface area contributed by atoms with Crippen LogP contribution in [0.4, 0.5) is 5.13 Å². The highest BCUT2D eigenvalue weighted by Crippen LogP contribution is 2.21. The Labute approximate surface area is 176 Å². The number of anilines is 1. The average molecular weight is 480 g/mol. The zero-order valence-electron chi connectivity index (χ0n) is 14.8. The summed E-state index contributed by atoms with van der Waals surface area (Å²) in [5, 5.41) is 3.22. The van der Waals surface area contributed by atoms with Gasteiger partial charge in [0.15, 0.2) is 5.13 Å². The lowest BCUT2D eigenvalue weighted by atomic mass is 10.1. The lowest BCUT2D eigenvalue weighted by Gasteiger charge is -2.06. The van der Waals surface area contributed by atoms with Gasteiger partial charge in [0.1, 0.15) is 0 Å². The molecule has 2 aromatic carbocycles. The van der Waals surface area contributed by atoms with Gasteiger partial charge in [-0.05, 0) is 29.8 Å². The molecule has 1 amide bonds. The van der Waals surface area contributed by atoms with E-state index in [1.165, 1.54) is 29.0 Å². The largest absolute Gasteiger partial charge is 0.302 e. The summed E-state index contributed by atoms with van der Waals surface area (Å²) in [6, 6.07) is 16.3. The molecular weight excluding hydrogens is 462 g/mol. The Kier molecular flexibility index (Phi) is 6.95. The third kappa shape index (κ3) is 5.96. The number of benzene rings is 2. The third-order valence-electron chi connectivity index (χ3n) is 3.79. The van der Waals surface area contributed by atoms with Gasteiger partial charge >= 0.3 is 0 Å². The zero-order chi connectivity index (χ0) is 20.0. The van der Waals surface area contributed by atoms with Gasteiger partial charge in [0.05, 0.1) is 4.90 Å². The normalized spacial score (nSPS) is 11.3. The average Bonchev–Trinajstić information content (AvgIpc) is 3.09. The van der Waals surface area contributed by atoms with Crippen LogP contribution < -0.4 is 10.0 Å². The van der Waals surface area contributed by atoms with Crippen LogP contribution in [0.15, 0.2) is 70.2 Å². The molecule has 3 rings (SSSR count). The fourth-order valence-corrected chi connectivity index (χ4v) is 4.58. The maximum atomic E-state index is 12.2. The molecule has 0 aliphatic carbocycles. The van der Waals surface area contributed by atoms with Crippen molar-refractivity contribution in [3.05, 3.63) is 75.7 Å². The van der Waals surface area contributed by atoms with Crippen LogP contribution in [0.25, 0.3) is 0 Å². The summed E-state index contributed by atoms with van der Waals surface area (Å²) in [5.41, 5.74) is 1.17. The fraction of sp³-hybridized carbons (Fsp3) is 0.158. The zero-order valence-corrected chi connectivity index (χ0v) is 18.0. The summed E-state index contributed by atoms with van der Waals surface area (Å²) in [6.07, 6.45) is 2.51. The first-order valence-corrected chi connectivity index (χ1v) is 11.6. The first-order chi connectivity index (χ1) is 13.4. The van der Waals surface area contributed by atoms with Crippen LogP contribution in [-0.2, 0) is 21.2 Å². The molecule has 0 atom stereocenters. The molecule has 9 heteroatoms. The van der Waals surface area contributed by atoms with Crippen molar-refractivity contribution in [2.75, 3.05) is 11.9 Å². The second-order valence-corrected chi connectivity index (χ2v) is 9.74. The first-order valence-electron chi connectivity index (χ1n) is 8.46. The topological polar surface area (TPSA) is 88.2 Å². The Bertz CT molecular complexity index is 1040. The van der Waals surface area contributed by atoms with Crippen LogP contribution in [-0.4, -0.2) is 25.9 Å². The van der Waals surface area contributed by atoms with Crippen molar-refractivity contribution < 1.29 is 13.2 Å². The maximum absolute atomic E-state index is 12.2. The van der Waals surface area contributed by atoms with E-state index >= 15 is 0 Å². The van der Waals surface area contributed by atoms with Gasteiger partial charge in [-0.15, -0.1) is 11.3 Å². The minimum absolute atomic E-state index is 0.00643. The number of hydrogen-bond donors (Lipinski definition) is 2. The number of carbonyl (C=O) groups is 1. The van der Waals surface area contributed by atoms with Crippen molar-refractivity contribution in [2.45, 2.75) is 17.7 Å². The number of thiazole rings is 1. The van der Waals surface area contributed by atoms with E-state index in [9.17, 15) is 13.2 Å². The van der Waals surface area contributed by atoms with E-state index in [-0.39, 0.29) is 23.8 Å². The second-order valence-electron chi connectivity index (χ2n) is 5.94. The second kappa shape index (κ2) is 9.42. The molecule has 0 radical (unpaired) electrons. The lowest BCUT2D eigenvalue weighted by molar-refractivity contribution is -0.116. The van der Waals surface area contributed by atoms with Crippen LogP contribution in [0.5, 0.6) is 0 Å². The minimum atomic E-state index is -3.64. The minimum Gasteiger partial charge on any atom is -0.302 e. The van der Waals surface area contributed by atoms with Crippen molar-refractivity contribution in [1.29, 1.82) is 0 Å². The van der Waals surface area contributed by atoms with Crippen LogP contribution in [0, 0.1) is 0 Å². The van der Waals surface area contributed by atoms with Gasteiger partial charge in [0.2, 0.25) is 15.9 Å². The molecule has 1 aromatic heterocycles. The molecule has 0 aliphatic rings. The Hall–Kier alpha value is -2.07. The molecule has 3 aromatic rings. The van der Waals surface area contributed by atoms with E-state index in [1.54, 1.807) is 18.3 Å². The molecule has 1 heterocycles. The first kappa shape index (κ1) is 20.7. The Morgan fingerprint density at radius 3 is 2.50 bits per heavy atom. The molecular formula is C19H18BrN3O3S2. The molecule has 146 valence electrons. The molecule has 0 spiro atoms. The number of amides is 1. The van der Waals surface area contributed by atoms with Gasteiger partial charge in [-0.25, -0.2) is 18.1 Å². The number of nitrogens with one attached hydrogen (secondary N) is 2. The number of aromatic nitrogens is 1. The highest BCUT2D eigenvalue weighted by molar-refractivity contribution is 9.10. The number of sulfonamides is 1. The van der Waals surface area contributed by atoms with Gasteiger partial charge in [0.25, 0.3) is 0 Å². The Morgan fingerprint density at radius 1 is 1.07 bits per heavy atom. The summed E-state index contributed by atoms with van der Waals surface area (Å²) >= 11 is 4.67.